The summed E-state index contributed by atoms with van der Waals surface area (Å²) in [6, 6.07) is -1.42. The van der Waals surface area contributed by atoms with E-state index in [1.54, 1.807) is 5.32 Å². The highest BCUT2D eigenvalue weighted by Gasteiger charge is 2.44. The van der Waals surface area contributed by atoms with Gasteiger partial charge in [-0.15, -0.1) is 0 Å². The number of carbonyl (C=O) groups is 1. The first kappa shape index (κ1) is 16.8. The minimum Gasteiger partial charge on any atom is -0.339 e. The van der Waals surface area contributed by atoms with Crippen LogP contribution in [0.15, 0.2) is 30.9 Å². The Labute approximate surface area is 127 Å². The number of carbonyl (C=O) groups excluding carboxylic acids is 1. The Morgan fingerprint density at radius 3 is 2.57 bits per heavy atom. The largest absolute Gasteiger partial charge is 0.412 e. The van der Waals surface area contributed by atoms with E-state index < -0.39 is 41.4 Å². The number of benzene rings is 1. The molecule has 0 radical (unpaired) electrons. The Kier molecular flexibility index (Phi) is 4.62. The van der Waals surface area contributed by atoms with Crippen molar-refractivity contribution in [3.63, 3.8) is 0 Å². The second-order valence-electron chi connectivity index (χ2n) is 4.68. The monoisotopic (exact) mass is 334 g/mol. The molecule has 0 spiro atoms. The molecule has 1 amide bonds. The number of nitrogens with one attached hydrogen (secondary N) is 1. The Bertz CT molecular complexity index is 686. The number of hydrogen-bond acceptors (Lipinski definition) is 3. The van der Waals surface area contributed by atoms with Crippen molar-refractivity contribution in [2.75, 3.05) is 0 Å². The van der Waals surface area contributed by atoms with Gasteiger partial charge in [0.2, 0.25) is 5.91 Å². The van der Waals surface area contributed by atoms with Crippen molar-refractivity contribution in [2.24, 2.45) is 0 Å². The van der Waals surface area contributed by atoms with Crippen molar-refractivity contribution in [1.29, 1.82) is 0 Å². The predicted molar refractivity (Wildman–Crippen MR) is 68.0 cm³/mol. The van der Waals surface area contributed by atoms with Crippen LogP contribution in [-0.2, 0) is 4.79 Å². The van der Waals surface area contributed by atoms with Gasteiger partial charge in [0.15, 0.2) is 17.7 Å². The van der Waals surface area contributed by atoms with Crippen LogP contribution in [0.1, 0.15) is 24.6 Å². The number of aromatic nitrogens is 3. The summed E-state index contributed by atoms with van der Waals surface area (Å²) >= 11 is 0. The maximum Gasteiger partial charge on any atom is 0.412 e. The van der Waals surface area contributed by atoms with E-state index in [1.165, 1.54) is 6.92 Å². The molecule has 0 aliphatic rings. The molecular formula is C13H11F5N4O. The molecule has 0 aliphatic heterocycles. The number of alkyl halides is 3. The number of halogens is 5. The van der Waals surface area contributed by atoms with Gasteiger partial charge in [-0.1, -0.05) is 12.1 Å². The molecule has 0 saturated carbocycles. The van der Waals surface area contributed by atoms with Gasteiger partial charge >= 0.3 is 6.18 Å². The number of amides is 1. The van der Waals surface area contributed by atoms with Crippen molar-refractivity contribution >= 4 is 5.91 Å². The molecule has 23 heavy (non-hydrogen) atoms. The molecule has 0 unspecified atom stereocenters. The summed E-state index contributed by atoms with van der Waals surface area (Å²) in [5.74, 6) is -4.17. The molecule has 124 valence electrons. The van der Waals surface area contributed by atoms with E-state index in [0.29, 0.717) is 6.07 Å². The fourth-order valence-electron chi connectivity index (χ4n) is 1.88. The van der Waals surface area contributed by atoms with E-state index in [4.69, 9.17) is 0 Å². The number of hydrogen-bond donors (Lipinski definition) is 1. The van der Waals surface area contributed by atoms with E-state index in [-0.39, 0.29) is 0 Å². The van der Waals surface area contributed by atoms with E-state index in [0.717, 1.165) is 29.5 Å². The van der Waals surface area contributed by atoms with Crippen molar-refractivity contribution < 1.29 is 26.7 Å². The molecule has 1 aromatic carbocycles. The SMILES string of the molecule is C[C@@H](C(=O)N[C@@H](c1cccc(F)c1F)C(F)(F)F)n1cncn1. The van der Waals surface area contributed by atoms with Crippen molar-refractivity contribution in [3.8, 4) is 0 Å². The van der Waals surface area contributed by atoms with Gasteiger partial charge in [-0.2, -0.15) is 18.3 Å². The summed E-state index contributed by atoms with van der Waals surface area (Å²) in [4.78, 5) is 15.5. The molecule has 0 aliphatic carbocycles. The fraction of sp³-hybridized carbons (Fsp3) is 0.308. The zero-order valence-corrected chi connectivity index (χ0v) is 11.7. The highest BCUT2D eigenvalue weighted by Crippen LogP contribution is 2.34. The summed E-state index contributed by atoms with van der Waals surface area (Å²) in [7, 11) is 0. The third-order valence-electron chi connectivity index (χ3n) is 3.12. The Morgan fingerprint density at radius 1 is 1.30 bits per heavy atom. The first-order valence-corrected chi connectivity index (χ1v) is 6.37. The van der Waals surface area contributed by atoms with Crippen molar-refractivity contribution in [2.45, 2.75) is 25.2 Å². The van der Waals surface area contributed by atoms with Crippen LogP contribution in [0, 0.1) is 11.6 Å². The third kappa shape index (κ3) is 3.63. The lowest BCUT2D eigenvalue weighted by Gasteiger charge is -2.24. The summed E-state index contributed by atoms with van der Waals surface area (Å²) in [6.45, 7) is 1.29. The second-order valence-corrected chi connectivity index (χ2v) is 4.68. The molecule has 1 N–H and O–H groups in total. The van der Waals surface area contributed by atoms with Gasteiger partial charge < -0.3 is 5.32 Å². The molecule has 1 heterocycles. The first-order chi connectivity index (χ1) is 10.7. The smallest absolute Gasteiger partial charge is 0.339 e. The van der Waals surface area contributed by atoms with E-state index in [1.807, 2.05) is 0 Å². The van der Waals surface area contributed by atoms with Gasteiger partial charge in [0, 0.05) is 5.56 Å². The van der Waals surface area contributed by atoms with Crippen LogP contribution in [0.25, 0.3) is 0 Å². The average molecular weight is 334 g/mol. The highest BCUT2D eigenvalue weighted by atomic mass is 19.4. The molecule has 2 atom stereocenters. The number of nitrogens with zero attached hydrogens (tertiary/aromatic N) is 3. The van der Waals surface area contributed by atoms with Crippen molar-refractivity contribution in [3.05, 3.63) is 48.1 Å². The van der Waals surface area contributed by atoms with Gasteiger partial charge in [-0.25, -0.2) is 18.4 Å². The average Bonchev–Trinajstić information content (AvgIpc) is 3.00. The van der Waals surface area contributed by atoms with Gasteiger partial charge in [0.25, 0.3) is 0 Å². The molecule has 0 saturated heterocycles. The molecule has 2 aromatic rings. The lowest BCUT2D eigenvalue weighted by Crippen LogP contribution is -2.41. The van der Waals surface area contributed by atoms with Gasteiger partial charge in [-0.05, 0) is 13.0 Å². The lowest BCUT2D eigenvalue weighted by molar-refractivity contribution is -0.165. The summed E-state index contributed by atoms with van der Waals surface area (Å²) in [5, 5.41) is 5.31. The molecule has 0 fully saturated rings. The van der Waals surface area contributed by atoms with Gasteiger partial charge in [0.05, 0.1) is 0 Å². The molecular weight excluding hydrogens is 323 g/mol. The molecule has 2 rings (SSSR count). The normalized spacial score (nSPS) is 14.3. The lowest BCUT2D eigenvalue weighted by atomic mass is 10.0. The standard InChI is InChI=1S/C13H11F5N4O/c1-7(22-6-19-5-20-22)12(23)21-11(13(16,17)18)8-3-2-4-9(14)10(8)15/h2-7,11H,1H3,(H,21,23)/t7-,11-/m0/s1. The minimum atomic E-state index is -5.01. The minimum absolute atomic E-state index is 0.687. The first-order valence-electron chi connectivity index (χ1n) is 6.37. The van der Waals surface area contributed by atoms with Crippen LogP contribution < -0.4 is 5.32 Å². The van der Waals surface area contributed by atoms with E-state index in [2.05, 4.69) is 10.1 Å². The molecule has 1 aromatic heterocycles. The van der Waals surface area contributed by atoms with Crippen LogP contribution in [0.5, 0.6) is 0 Å². The highest BCUT2D eigenvalue weighted by molar-refractivity contribution is 5.80. The van der Waals surface area contributed by atoms with Crippen LogP contribution in [-0.4, -0.2) is 26.8 Å². The summed E-state index contributed by atoms with van der Waals surface area (Å²) < 4.78 is 67.3. The molecule has 10 heteroatoms. The van der Waals surface area contributed by atoms with Crippen LogP contribution in [0.2, 0.25) is 0 Å². The van der Waals surface area contributed by atoms with Crippen LogP contribution >= 0.6 is 0 Å². The third-order valence-corrected chi connectivity index (χ3v) is 3.12. The number of rotatable bonds is 4. The topological polar surface area (TPSA) is 59.8 Å². The summed E-state index contributed by atoms with van der Waals surface area (Å²) in [6.07, 6.45) is -2.75. The zero-order chi connectivity index (χ0) is 17.2. The maximum atomic E-state index is 13.7. The Balaban J connectivity index is 2.30. The Hall–Kier alpha value is -2.52. The van der Waals surface area contributed by atoms with E-state index in [9.17, 15) is 26.7 Å². The second kappa shape index (κ2) is 6.31. The Morgan fingerprint density at radius 2 is 2.00 bits per heavy atom. The quantitative estimate of drug-likeness (QED) is 0.874. The van der Waals surface area contributed by atoms with Crippen molar-refractivity contribution in [1.82, 2.24) is 20.1 Å². The molecule has 0 bridgehead atoms. The van der Waals surface area contributed by atoms with Crippen LogP contribution in [0.3, 0.4) is 0 Å². The summed E-state index contributed by atoms with van der Waals surface area (Å²) in [5.41, 5.74) is -1.00. The predicted octanol–water partition coefficient (Wildman–Crippen LogP) is 2.54. The van der Waals surface area contributed by atoms with Gasteiger partial charge in [0.1, 0.15) is 18.7 Å². The maximum absolute atomic E-state index is 13.7. The zero-order valence-electron chi connectivity index (χ0n) is 11.7. The van der Waals surface area contributed by atoms with Gasteiger partial charge in [-0.3, -0.25) is 4.79 Å². The molecule has 5 nitrogen and oxygen atoms in total. The van der Waals surface area contributed by atoms with E-state index >= 15 is 0 Å². The fourth-order valence-corrected chi connectivity index (χ4v) is 1.88. The van der Waals surface area contributed by atoms with Crippen LogP contribution in [0.4, 0.5) is 22.0 Å².